The summed E-state index contributed by atoms with van der Waals surface area (Å²) in [4.78, 5) is 38.0. The van der Waals surface area contributed by atoms with Crippen LogP contribution >= 0.6 is 0 Å². The Bertz CT molecular complexity index is 908. The van der Waals surface area contributed by atoms with Gasteiger partial charge in [-0.2, -0.15) is 0 Å². The van der Waals surface area contributed by atoms with Gasteiger partial charge in [0, 0.05) is 6.42 Å². The van der Waals surface area contributed by atoms with Crippen molar-refractivity contribution in [1.82, 2.24) is 5.32 Å². The number of phenols is 1. The molecule has 2 fully saturated rings. The van der Waals surface area contributed by atoms with E-state index in [1.807, 2.05) is 0 Å². The molecule has 1 saturated carbocycles. The van der Waals surface area contributed by atoms with E-state index in [-0.39, 0.29) is 12.2 Å². The minimum atomic E-state index is -1.09. The number of aromatic hydroxyl groups is 1. The summed E-state index contributed by atoms with van der Waals surface area (Å²) in [5.74, 6) is -1.59. The smallest absolute Gasteiger partial charge is 0.408 e. The standard InChI is InChI=1S/C25H33NO7/c1-25(2,3)33-24(31)26-18(13-16-9-11-17(27)12-10-16)21(28)20-22(29)19(32-23(20)30)14-15-7-5-4-6-8-15/h9-12,15,18-19,27-28H,4-8,13-14H2,1-3H3,(H,26,31). The molecule has 33 heavy (non-hydrogen) atoms. The number of nitrogens with one attached hydrogen (secondary N) is 1. The number of amides is 1. The highest BCUT2D eigenvalue weighted by atomic mass is 16.6. The van der Waals surface area contributed by atoms with E-state index in [1.165, 1.54) is 18.6 Å². The van der Waals surface area contributed by atoms with E-state index < -0.39 is 46.9 Å². The molecule has 3 rings (SSSR count). The molecule has 2 aliphatic rings. The van der Waals surface area contributed by atoms with E-state index in [1.54, 1.807) is 32.9 Å². The predicted molar refractivity (Wildman–Crippen MR) is 121 cm³/mol. The zero-order valence-corrected chi connectivity index (χ0v) is 19.4. The minimum Gasteiger partial charge on any atom is -0.509 e. The lowest BCUT2D eigenvalue weighted by Gasteiger charge is -2.24. The number of carbonyl (C=O) groups is 3. The number of benzene rings is 1. The maximum Gasteiger partial charge on any atom is 0.408 e. The molecule has 180 valence electrons. The van der Waals surface area contributed by atoms with Crippen molar-refractivity contribution in [2.24, 2.45) is 5.92 Å². The Labute approximate surface area is 194 Å². The van der Waals surface area contributed by atoms with Gasteiger partial charge in [0.25, 0.3) is 0 Å². The van der Waals surface area contributed by atoms with Gasteiger partial charge in [0.2, 0.25) is 5.78 Å². The first-order valence-electron chi connectivity index (χ1n) is 11.5. The lowest BCUT2D eigenvalue weighted by molar-refractivity contribution is -0.141. The van der Waals surface area contributed by atoms with Crippen LogP contribution < -0.4 is 5.32 Å². The summed E-state index contributed by atoms with van der Waals surface area (Å²) in [5.41, 5.74) is -0.530. The van der Waals surface area contributed by atoms with Gasteiger partial charge < -0.3 is 25.0 Å². The largest absolute Gasteiger partial charge is 0.509 e. The molecule has 2 unspecified atom stereocenters. The Morgan fingerprint density at radius 3 is 2.39 bits per heavy atom. The number of cyclic esters (lactones) is 1. The Kier molecular flexibility index (Phi) is 7.66. The molecule has 2 atom stereocenters. The Morgan fingerprint density at radius 1 is 1.15 bits per heavy atom. The Balaban J connectivity index is 1.83. The number of hydrogen-bond acceptors (Lipinski definition) is 7. The number of Topliss-reactive ketones (excluding diaryl/α,β-unsaturated/α-hetero) is 1. The first-order valence-corrected chi connectivity index (χ1v) is 11.5. The number of aliphatic hydroxyl groups is 1. The molecule has 1 aromatic rings. The number of esters is 1. The molecule has 0 aromatic heterocycles. The Hall–Kier alpha value is -3.03. The van der Waals surface area contributed by atoms with Crippen LogP contribution in [-0.2, 0) is 25.5 Å². The van der Waals surface area contributed by atoms with Crippen LogP contribution in [0.1, 0.15) is 64.9 Å². The molecular weight excluding hydrogens is 426 g/mol. The second-order valence-corrected chi connectivity index (χ2v) is 9.83. The van der Waals surface area contributed by atoms with Gasteiger partial charge in [-0.15, -0.1) is 0 Å². The monoisotopic (exact) mass is 459 g/mol. The maximum atomic E-state index is 13.0. The van der Waals surface area contributed by atoms with Crippen LogP contribution in [0.2, 0.25) is 0 Å². The molecule has 1 aromatic carbocycles. The number of phenolic OH excluding ortho intramolecular Hbond substituents is 1. The van der Waals surface area contributed by atoms with Crippen molar-refractivity contribution >= 4 is 17.8 Å². The SMILES string of the molecule is CC(C)(C)OC(=O)NC(Cc1ccc(O)cc1)C(O)=C1C(=O)OC(CC2CCCCC2)C1=O. The van der Waals surface area contributed by atoms with Crippen LogP contribution in [0.5, 0.6) is 5.75 Å². The van der Waals surface area contributed by atoms with Crippen molar-refractivity contribution in [3.63, 3.8) is 0 Å². The lowest BCUT2D eigenvalue weighted by atomic mass is 9.84. The van der Waals surface area contributed by atoms with Gasteiger partial charge in [-0.3, -0.25) is 4.79 Å². The summed E-state index contributed by atoms with van der Waals surface area (Å²) in [6.45, 7) is 5.11. The van der Waals surface area contributed by atoms with Gasteiger partial charge in [0.05, 0.1) is 6.04 Å². The normalized spacial score (nSPS) is 22.0. The highest BCUT2D eigenvalue weighted by molar-refractivity contribution is 6.23. The Morgan fingerprint density at radius 2 is 1.79 bits per heavy atom. The van der Waals surface area contributed by atoms with Crippen LogP contribution in [0.3, 0.4) is 0 Å². The minimum absolute atomic E-state index is 0.0677. The van der Waals surface area contributed by atoms with E-state index in [2.05, 4.69) is 5.32 Å². The third kappa shape index (κ3) is 6.73. The van der Waals surface area contributed by atoms with Crippen LogP contribution in [0.15, 0.2) is 35.6 Å². The fourth-order valence-electron chi connectivity index (χ4n) is 4.32. The van der Waals surface area contributed by atoms with Gasteiger partial charge in [-0.05, 0) is 50.8 Å². The number of alkyl carbamates (subject to hydrolysis) is 1. The molecule has 3 N–H and O–H groups in total. The van der Waals surface area contributed by atoms with Crippen molar-refractivity contribution in [2.45, 2.75) is 83.5 Å². The average molecular weight is 460 g/mol. The van der Waals surface area contributed by atoms with Gasteiger partial charge in [0.1, 0.15) is 22.7 Å². The molecule has 1 aliphatic heterocycles. The maximum absolute atomic E-state index is 13.0. The number of carbonyl (C=O) groups excluding carboxylic acids is 3. The van der Waals surface area contributed by atoms with E-state index in [9.17, 15) is 24.6 Å². The molecule has 1 heterocycles. The molecule has 1 saturated heterocycles. The lowest BCUT2D eigenvalue weighted by Crippen LogP contribution is -2.42. The number of ether oxygens (including phenoxy) is 2. The van der Waals surface area contributed by atoms with Crippen molar-refractivity contribution in [3.8, 4) is 5.75 Å². The number of aliphatic hydroxyl groups excluding tert-OH is 1. The summed E-state index contributed by atoms with van der Waals surface area (Å²) < 4.78 is 10.6. The van der Waals surface area contributed by atoms with Crippen molar-refractivity contribution in [1.29, 1.82) is 0 Å². The third-order valence-corrected chi connectivity index (χ3v) is 5.92. The van der Waals surface area contributed by atoms with E-state index in [4.69, 9.17) is 9.47 Å². The summed E-state index contributed by atoms with van der Waals surface area (Å²) in [5, 5.41) is 23.1. The first-order chi connectivity index (χ1) is 15.5. The van der Waals surface area contributed by atoms with Crippen LogP contribution in [0, 0.1) is 5.92 Å². The van der Waals surface area contributed by atoms with E-state index in [0.29, 0.717) is 17.9 Å². The summed E-state index contributed by atoms with van der Waals surface area (Å²) in [6.07, 6.45) is 4.18. The molecular formula is C25H33NO7. The highest BCUT2D eigenvalue weighted by Gasteiger charge is 2.43. The summed E-state index contributed by atoms with van der Waals surface area (Å²) >= 11 is 0. The third-order valence-electron chi connectivity index (χ3n) is 5.92. The molecule has 0 spiro atoms. The van der Waals surface area contributed by atoms with E-state index in [0.717, 1.165) is 25.7 Å². The van der Waals surface area contributed by atoms with Crippen LogP contribution in [0.4, 0.5) is 4.79 Å². The second kappa shape index (κ2) is 10.3. The summed E-state index contributed by atoms with van der Waals surface area (Å²) in [7, 11) is 0. The van der Waals surface area contributed by atoms with Crippen molar-refractivity contribution < 1.29 is 34.1 Å². The molecule has 0 radical (unpaired) electrons. The molecule has 8 nitrogen and oxygen atoms in total. The zero-order chi connectivity index (χ0) is 24.2. The van der Waals surface area contributed by atoms with Gasteiger partial charge >= 0.3 is 12.1 Å². The molecule has 1 aliphatic carbocycles. The zero-order valence-electron chi connectivity index (χ0n) is 19.4. The molecule has 8 heteroatoms. The number of hydrogen-bond donors (Lipinski definition) is 3. The van der Waals surface area contributed by atoms with Gasteiger partial charge in [0.15, 0.2) is 6.10 Å². The second-order valence-electron chi connectivity index (χ2n) is 9.83. The topological polar surface area (TPSA) is 122 Å². The first kappa shape index (κ1) is 24.6. The van der Waals surface area contributed by atoms with Crippen LogP contribution in [-0.4, -0.2) is 45.8 Å². The fourth-order valence-corrected chi connectivity index (χ4v) is 4.32. The summed E-state index contributed by atoms with van der Waals surface area (Å²) in [6, 6.07) is 5.10. The number of ketones is 1. The highest BCUT2D eigenvalue weighted by Crippen LogP contribution is 2.32. The predicted octanol–water partition coefficient (Wildman–Crippen LogP) is 4.11. The average Bonchev–Trinajstić information content (AvgIpc) is 3.01. The molecule has 0 bridgehead atoms. The van der Waals surface area contributed by atoms with Gasteiger partial charge in [-0.1, -0.05) is 44.2 Å². The van der Waals surface area contributed by atoms with Crippen molar-refractivity contribution in [2.75, 3.05) is 0 Å². The quantitative estimate of drug-likeness (QED) is 0.253. The van der Waals surface area contributed by atoms with Crippen LogP contribution in [0.25, 0.3) is 0 Å². The van der Waals surface area contributed by atoms with E-state index >= 15 is 0 Å². The fraction of sp³-hybridized carbons (Fsp3) is 0.560. The van der Waals surface area contributed by atoms with Crippen molar-refractivity contribution in [3.05, 3.63) is 41.2 Å². The van der Waals surface area contributed by atoms with Gasteiger partial charge in [-0.25, -0.2) is 9.59 Å². The molecule has 1 amide bonds. The number of rotatable bonds is 6.